The minimum Gasteiger partial charge on any atom is -0.341 e. The van der Waals surface area contributed by atoms with Crippen LogP contribution in [0.5, 0.6) is 0 Å². The summed E-state index contributed by atoms with van der Waals surface area (Å²) in [6, 6.07) is 16.1. The molecular formula is C18H21ClN3O2+. The second-order valence-electron chi connectivity index (χ2n) is 5.36. The maximum atomic E-state index is 12.4. The molecule has 4 N–H and O–H groups in total. The first-order valence-electron chi connectivity index (χ1n) is 7.75. The third-order valence-corrected chi connectivity index (χ3v) is 3.86. The van der Waals surface area contributed by atoms with E-state index < -0.39 is 12.1 Å². The van der Waals surface area contributed by atoms with Crippen molar-refractivity contribution < 1.29 is 14.9 Å². The second-order valence-corrected chi connectivity index (χ2v) is 5.80. The average molecular weight is 347 g/mol. The lowest BCUT2D eigenvalue weighted by Crippen LogP contribution is -2.88. The molecule has 0 spiro atoms. The zero-order valence-electron chi connectivity index (χ0n) is 13.5. The summed E-state index contributed by atoms with van der Waals surface area (Å²) in [5, 5.41) is 7.36. The Labute approximate surface area is 146 Å². The fourth-order valence-corrected chi connectivity index (χ4v) is 2.63. The summed E-state index contributed by atoms with van der Waals surface area (Å²) in [5.74, 6) is -0.341. The molecule has 24 heavy (non-hydrogen) atoms. The van der Waals surface area contributed by atoms with Crippen LogP contribution in [0.4, 0.5) is 4.79 Å². The predicted molar refractivity (Wildman–Crippen MR) is 93.7 cm³/mol. The Bertz CT molecular complexity index is 692. The number of halogens is 1. The Morgan fingerprint density at radius 1 is 1.12 bits per heavy atom. The summed E-state index contributed by atoms with van der Waals surface area (Å²) in [4.78, 5) is 23.8. The van der Waals surface area contributed by atoms with Crippen LogP contribution in [0.2, 0.25) is 5.02 Å². The number of urea groups is 1. The van der Waals surface area contributed by atoms with E-state index in [0.29, 0.717) is 11.6 Å². The van der Waals surface area contributed by atoms with E-state index in [0.717, 1.165) is 17.5 Å². The van der Waals surface area contributed by atoms with Crippen molar-refractivity contribution in [2.75, 3.05) is 13.6 Å². The average Bonchev–Trinajstić information content (AvgIpc) is 2.59. The molecule has 0 aliphatic heterocycles. The summed E-state index contributed by atoms with van der Waals surface area (Å²) in [6.45, 7) is 0.696. The third kappa shape index (κ3) is 5.37. The molecule has 0 unspecified atom stereocenters. The van der Waals surface area contributed by atoms with Gasteiger partial charge in [-0.05, 0) is 17.7 Å². The molecule has 0 aliphatic carbocycles. The molecule has 6 heteroatoms. The molecule has 1 atom stereocenters. The highest BCUT2D eigenvalue weighted by atomic mass is 35.5. The molecule has 2 aromatic rings. The number of rotatable bonds is 6. The van der Waals surface area contributed by atoms with Gasteiger partial charge in [0.2, 0.25) is 0 Å². The van der Waals surface area contributed by atoms with Gasteiger partial charge in [-0.1, -0.05) is 54.1 Å². The van der Waals surface area contributed by atoms with E-state index in [4.69, 9.17) is 11.6 Å². The van der Waals surface area contributed by atoms with Crippen LogP contribution >= 0.6 is 11.6 Å². The van der Waals surface area contributed by atoms with Crippen LogP contribution < -0.4 is 16.0 Å². The highest BCUT2D eigenvalue weighted by molar-refractivity contribution is 6.30. The number of hydrogen-bond donors (Lipinski definition) is 3. The zero-order chi connectivity index (χ0) is 17.4. The maximum Gasteiger partial charge on any atom is 0.321 e. The number of amides is 3. The first-order valence-corrected chi connectivity index (χ1v) is 8.13. The number of carbonyl (C=O) groups is 2. The molecule has 0 fully saturated rings. The van der Waals surface area contributed by atoms with Crippen molar-refractivity contribution >= 4 is 23.5 Å². The van der Waals surface area contributed by atoms with Gasteiger partial charge in [0, 0.05) is 24.1 Å². The Kier molecular flexibility index (Phi) is 6.78. The van der Waals surface area contributed by atoms with E-state index in [9.17, 15) is 9.59 Å². The van der Waals surface area contributed by atoms with Crippen LogP contribution in [-0.4, -0.2) is 25.5 Å². The van der Waals surface area contributed by atoms with Gasteiger partial charge < -0.3 is 10.6 Å². The quantitative estimate of drug-likeness (QED) is 0.744. The monoisotopic (exact) mass is 346 g/mol. The fourth-order valence-electron chi connectivity index (χ4n) is 2.42. The van der Waals surface area contributed by atoms with E-state index >= 15 is 0 Å². The molecule has 5 nitrogen and oxygen atoms in total. The first kappa shape index (κ1) is 18.0. The first-order chi connectivity index (χ1) is 11.6. The molecule has 0 heterocycles. The number of nitrogens with one attached hydrogen (secondary N) is 2. The highest BCUT2D eigenvalue weighted by Gasteiger charge is 2.25. The molecule has 0 aromatic heterocycles. The lowest BCUT2D eigenvalue weighted by Gasteiger charge is -2.15. The SMILES string of the molecule is CNC(=O)NC(=O)[C@@H]([NH2+]CCc1cccc(Cl)c1)c1ccccc1. The van der Waals surface area contributed by atoms with E-state index in [2.05, 4.69) is 10.6 Å². The number of benzene rings is 2. The summed E-state index contributed by atoms with van der Waals surface area (Å²) in [5.41, 5.74) is 1.96. The Morgan fingerprint density at radius 3 is 2.54 bits per heavy atom. The van der Waals surface area contributed by atoms with Gasteiger partial charge in [0.25, 0.3) is 5.91 Å². The van der Waals surface area contributed by atoms with Gasteiger partial charge in [-0.2, -0.15) is 0 Å². The van der Waals surface area contributed by atoms with Gasteiger partial charge in [-0.25, -0.2) is 4.79 Å². The minimum atomic E-state index is -0.510. The molecular weight excluding hydrogens is 326 g/mol. The van der Waals surface area contributed by atoms with Crippen molar-refractivity contribution in [1.82, 2.24) is 10.6 Å². The molecule has 0 radical (unpaired) electrons. The smallest absolute Gasteiger partial charge is 0.321 e. The van der Waals surface area contributed by atoms with Gasteiger partial charge in [0.1, 0.15) is 0 Å². The normalized spacial score (nSPS) is 11.6. The fraction of sp³-hybridized carbons (Fsp3) is 0.222. The van der Waals surface area contributed by atoms with Gasteiger partial charge >= 0.3 is 6.03 Å². The lowest BCUT2D eigenvalue weighted by atomic mass is 10.1. The van der Waals surface area contributed by atoms with Crippen molar-refractivity contribution in [3.8, 4) is 0 Å². The van der Waals surface area contributed by atoms with Crippen molar-refractivity contribution in [3.63, 3.8) is 0 Å². The largest absolute Gasteiger partial charge is 0.341 e. The third-order valence-electron chi connectivity index (χ3n) is 3.63. The molecule has 0 saturated heterocycles. The van der Waals surface area contributed by atoms with Crippen LogP contribution in [-0.2, 0) is 11.2 Å². The number of nitrogens with two attached hydrogens (primary N) is 1. The summed E-state index contributed by atoms with van der Waals surface area (Å²) < 4.78 is 0. The standard InChI is InChI=1S/C18H20ClN3O2/c1-20-18(24)22-17(23)16(14-7-3-2-4-8-14)21-11-10-13-6-5-9-15(19)12-13/h2-9,12,16,21H,10-11H2,1H3,(H2,20,22,23,24)/p+1/t16-/m0/s1. The summed E-state index contributed by atoms with van der Waals surface area (Å²) >= 11 is 5.99. The number of quaternary nitrogens is 1. The molecule has 2 rings (SSSR count). The van der Waals surface area contributed by atoms with Gasteiger partial charge in [-0.15, -0.1) is 0 Å². The molecule has 0 bridgehead atoms. The van der Waals surface area contributed by atoms with E-state index in [-0.39, 0.29) is 5.91 Å². The second kappa shape index (κ2) is 9.05. The molecule has 0 aliphatic rings. The topological polar surface area (TPSA) is 74.8 Å². The maximum absolute atomic E-state index is 12.4. The predicted octanol–water partition coefficient (Wildman–Crippen LogP) is 1.64. The van der Waals surface area contributed by atoms with Crippen molar-refractivity contribution in [3.05, 3.63) is 70.7 Å². The van der Waals surface area contributed by atoms with E-state index in [1.807, 2.05) is 59.9 Å². The van der Waals surface area contributed by atoms with Crippen molar-refractivity contribution in [2.45, 2.75) is 12.5 Å². The van der Waals surface area contributed by atoms with Gasteiger partial charge in [0.05, 0.1) is 6.54 Å². The molecule has 126 valence electrons. The summed E-state index contributed by atoms with van der Waals surface area (Å²) in [7, 11) is 1.48. The van der Waals surface area contributed by atoms with Crippen LogP contribution in [0.3, 0.4) is 0 Å². The van der Waals surface area contributed by atoms with Gasteiger partial charge in [-0.3, -0.25) is 10.1 Å². The number of imide groups is 1. The van der Waals surface area contributed by atoms with E-state index in [1.165, 1.54) is 7.05 Å². The zero-order valence-corrected chi connectivity index (χ0v) is 14.2. The van der Waals surface area contributed by atoms with Crippen molar-refractivity contribution in [2.24, 2.45) is 0 Å². The highest BCUT2D eigenvalue weighted by Crippen LogP contribution is 2.11. The van der Waals surface area contributed by atoms with Crippen LogP contribution in [0, 0.1) is 0 Å². The van der Waals surface area contributed by atoms with E-state index in [1.54, 1.807) is 0 Å². The molecule has 2 aromatic carbocycles. The summed E-state index contributed by atoms with van der Waals surface area (Å²) in [6.07, 6.45) is 0.775. The van der Waals surface area contributed by atoms with Crippen molar-refractivity contribution in [1.29, 1.82) is 0 Å². The molecule has 3 amide bonds. The minimum absolute atomic E-state index is 0.341. The van der Waals surface area contributed by atoms with Crippen LogP contribution in [0.1, 0.15) is 17.2 Å². The van der Waals surface area contributed by atoms with Crippen LogP contribution in [0.15, 0.2) is 54.6 Å². The Hall–Kier alpha value is -2.37. The lowest BCUT2D eigenvalue weighted by molar-refractivity contribution is -0.682. The van der Waals surface area contributed by atoms with Gasteiger partial charge in [0.15, 0.2) is 6.04 Å². The Morgan fingerprint density at radius 2 is 1.88 bits per heavy atom. The number of hydrogen-bond acceptors (Lipinski definition) is 2. The molecule has 0 saturated carbocycles. The van der Waals surface area contributed by atoms with Crippen LogP contribution in [0.25, 0.3) is 0 Å². The number of carbonyl (C=O) groups excluding carboxylic acids is 2. The Balaban J connectivity index is 2.03.